The highest BCUT2D eigenvalue weighted by atomic mass is 35.5. The lowest BCUT2D eigenvalue weighted by Crippen LogP contribution is -2.47. The number of benzene rings is 2. The molecule has 0 saturated heterocycles. The first kappa shape index (κ1) is 24.1. The highest BCUT2D eigenvalue weighted by Crippen LogP contribution is 2.33. The van der Waals surface area contributed by atoms with Gasteiger partial charge in [0.05, 0.1) is 7.11 Å². The Morgan fingerprint density at radius 1 is 1.12 bits per heavy atom. The Hall–Kier alpha value is -3.56. The second-order valence-corrected chi connectivity index (χ2v) is 8.17. The van der Waals surface area contributed by atoms with Gasteiger partial charge in [-0.05, 0) is 67.3 Å². The number of hydrogen-bond acceptors (Lipinski definition) is 5. The molecule has 33 heavy (non-hydrogen) atoms. The second-order valence-electron chi connectivity index (χ2n) is 7.73. The minimum atomic E-state index is -0.546. The van der Waals surface area contributed by atoms with Crippen LogP contribution in [0.2, 0.25) is 5.02 Å². The van der Waals surface area contributed by atoms with Crippen molar-refractivity contribution in [3.63, 3.8) is 0 Å². The van der Waals surface area contributed by atoms with Crippen molar-refractivity contribution >= 4 is 29.5 Å². The Labute approximate surface area is 198 Å². The molecule has 0 bridgehead atoms. The molecule has 1 unspecified atom stereocenters. The van der Waals surface area contributed by atoms with E-state index in [1.165, 1.54) is 7.11 Å². The van der Waals surface area contributed by atoms with Crippen LogP contribution in [0.3, 0.4) is 0 Å². The molecule has 170 valence electrons. The Morgan fingerprint density at radius 2 is 1.82 bits per heavy atom. The van der Waals surface area contributed by atoms with Crippen LogP contribution in [0, 0.1) is 11.3 Å². The molecule has 0 saturated carbocycles. The van der Waals surface area contributed by atoms with Gasteiger partial charge in [-0.25, -0.2) is 0 Å². The van der Waals surface area contributed by atoms with E-state index in [2.05, 4.69) is 0 Å². The van der Waals surface area contributed by atoms with E-state index in [9.17, 15) is 14.9 Å². The number of ether oxygens (including phenoxy) is 2. The number of amides is 2. The lowest BCUT2D eigenvalue weighted by molar-refractivity contribution is -0.142. The Kier molecular flexibility index (Phi) is 7.57. The monoisotopic (exact) mass is 464 g/mol. The molecule has 2 aromatic rings. The fourth-order valence-corrected chi connectivity index (χ4v) is 3.61. The summed E-state index contributed by atoms with van der Waals surface area (Å²) in [4.78, 5) is 27.0. The molecular formula is C26H25ClN2O4. The maximum atomic E-state index is 13.1. The van der Waals surface area contributed by atoms with Crippen molar-refractivity contribution < 1.29 is 19.1 Å². The SMILES string of the molecule is CCC(C)N1C(=O)C(C#N)=C(C)/C(=C\c2ccc(OCc3ccc(Cl)cc3)c(OC)c2)C1=O. The number of imide groups is 1. The zero-order chi connectivity index (χ0) is 24.1. The Balaban J connectivity index is 1.93. The third-order valence-electron chi connectivity index (χ3n) is 5.61. The summed E-state index contributed by atoms with van der Waals surface area (Å²) < 4.78 is 11.4. The van der Waals surface area contributed by atoms with Crippen LogP contribution >= 0.6 is 11.6 Å². The lowest BCUT2D eigenvalue weighted by atomic mass is 9.92. The molecule has 6 nitrogen and oxygen atoms in total. The quantitative estimate of drug-likeness (QED) is 0.409. The number of nitrogens with zero attached hydrogens (tertiary/aromatic N) is 2. The molecule has 7 heteroatoms. The van der Waals surface area contributed by atoms with Crippen molar-refractivity contribution in [1.82, 2.24) is 4.90 Å². The topological polar surface area (TPSA) is 79.6 Å². The molecule has 3 rings (SSSR count). The van der Waals surface area contributed by atoms with Gasteiger partial charge in [-0.15, -0.1) is 0 Å². The molecule has 1 heterocycles. The summed E-state index contributed by atoms with van der Waals surface area (Å²) in [7, 11) is 1.54. The molecule has 0 aliphatic carbocycles. The van der Waals surface area contributed by atoms with E-state index < -0.39 is 11.8 Å². The normalized spacial score (nSPS) is 16.1. The van der Waals surface area contributed by atoms with Crippen LogP contribution in [0.15, 0.2) is 59.2 Å². The van der Waals surface area contributed by atoms with Crippen LogP contribution < -0.4 is 9.47 Å². The first-order valence-electron chi connectivity index (χ1n) is 10.6. The summed E-state index contributed by atoms with van der Waals surface area (Å²) >= 11 is 5.92. The average Bonchev–Trinajstić information content (AvgIpc) is 2.81. The smallest absolute Gasteiger partial charge is 0.271 e. The highest BCUT2D eigenvalue weighted by molar-refractivity contribution is 6.30. The van der Waals surface area contributed by atoms with Gasteiger partial charge >= 0.3 is 0 Å². The lowest BCUT2D eigenvalue weighted by Gasteiger charge is -2.31. The summed E-state index contributed by atoms with van der Waals surface area (Å²) in [5, 5.41) is 10.2. The third kappa shape index (κ3) is 5.10. The maximum Gasteiger partial charge on any atom is 0.271 e. The molecule has 2 aromatic carbocycles. The van der Waals surface area contributed by atoms with E-state index >= 15 is 0 Å². The molecule has 1 aliphatic heterocycles. The van der Waals surface area contributed by atoms with Crippen LogP contribution in [0.1, 0.15) is 38.3 Å². The summed E-state index contributed by atoms with van der Waals surface area (Å²) in [6, 6.07) is 14.3. The standard InChI is InChI=1S/C26H25ClN2O4/c1-5-16(2)29-25(30)21(17(3)22(14-28)26(29)31)12-19-8-11-23(24(13-19)32-4)33-15-18-6-9-20(27)10-7-18/h6-13,16H,5,15H2,1-4H3/b21-12+. The molecule has 0 fully saturated rings. The van der Waals surface area contributed by atoms with Crippen molar-refractivity contribution in [3.05, 3.63) is 75.3 Å². The van der Waals surface area contributed by atoms with Gasteiger partial charge in [-0.3, -0.25) is 14.5 Å². The minimum absolute atomic E-state index is 0.0176. The number of hydrogen-bond donors (Lipinski definition) is 0. The summed E-state index contributed by atoms with van der Waals surface area (Å²) in [5.74, 6) is 0.0902. The van der Waals surface area contributed by atoms with Gasteiger partial charge in [-0.1, -0.05) is 36.7 Å². The van der Waals surface area contributed by atoms with Gasteiger partial charge < -0.3 is 9.47 Å². The average molecular weight is 465 g/mol. The second kappa shape index (κ2) is 10.4. The zero-order valence-electron chi connectivity index (χ0n) is 19.0. The van der Waals surface area contributed by atoms with E-state index in [4.69, 9.17) is 21.1 Å². The number of halogens is 1. The molecule has 0 N–H and O–H groups in total. The number of nitriles is 1. The summed E-state index contributed by atoms with van der Waals surface area (Å²) in [6.07, 6.45) is 2.26. The van der Waals surface area contributed by atoms with Crippen molar-refractivity contribution in [1.29, 1.82) is 5.26 Å². The number of rotatable bonds is 7. The predicted molar refractivity (Wildman–Crippen MR) is 127 cm³/mol. The summed E-state index contributed by atoms with van der Waals surface area (Å²) in [5.41, 5.74) is 2.30. The van der Waals surface area contributed by atoms with E-state index in [0.29, 0.717) is 46.3 Å². The van der Waals surface area contributed by atoms with E-state index in [0.717, 1.165) is 10.5 Å². The van der Waals surface area contributed by atoms with Crippen molar-refractivity contribution in [2.75, 3.05) is 7.11 Å². The molecule has 0 spiro atoms. The van der Waals surface area contributed by atoms with Gasteiger partial charge in [0.15, 0.2) is 11.5 Å². The molecule has 2 amide bonds. The Bertz CT molecular complexity index is 1180. The van der Waals surface area contributed by atoms with Crippen molar-refractivity contribution in [2.24, 2.45) is 0 Å². The molecule has 0 aromatic heterocycles. The van der Waals surface area contributed by atoms with E-state index in [1.54, 1.807) is 50.3 Å². The van der Waals surface area contributed by atoms with Crippen LogP contribution in [0.5, 0.6) is 11.5 Å². The summed E-state index contributed by atoms with van der Waals surface area (Å²) in [6.45, 7) is 5.64. The van der Waals surface area contributed by atoms with Crippen molar-refractivity contribution in [2.45, 2.75) is 39.8 Å². The first-order valence-corrected chi connectivity index (χ1v) is 10.9. The van der Waals surface area contributed by atoms with Gasteiger partial charge in [0.1, 0.15) is 18.2 Å². The largest absolute Gasteiger partial charge is 0.493 e. The van der Waals surface area contributed by atoms with Crippen molar-refractivity contribution in [3.8, 4) is 17.6 Å². The predicted octanol–water partition coefficient (Wildman–Crippen LogP) is 5.32. The fourth-order valence-electron chi connectivity index (χ4n) is 3.48. The molecule has 0 radical (unpaired) electrons. The molecule has 1 aliphatic rings. The minimum Gasteiger partial charge on any atom is -0.493 e. The maximum absolute atomic E-state index is 13.1. The van der Waals surface area contributed by atoms with E-state index in [1.807, 2.05) is 25.1 Å². The number of carbonyl (C=O) groups excluding carboxylic acids is 2. The first-order chi connectivity index (χ1) is 15.8. The molecular weight excluding hydrogens is 440 g/mol. The molecule has 1 atom stereocenters. The Morgan fingerprint density at radius 3 is 2.42 bits per heavy atom. The van der Waals surface area contributed by atoms with Gasteiger partial charge in [0.2, 0.25) is 0 Å². The van der Waals surface area contributed by atoms with Gasteiger partial charge in [0.25, 0.3) is 11.8 Å². The van der Waals surface area contributed by atoms with Gasteiger partial charge in [-0.2, -0.15) is 5.26 Å². The fraction of sp³-hybridized carbons (Fsp3) is 0.269. The number of carbonyl (C=O) groups is 2. The number of methoxy groups -OCH3 is 1. The van der Waals surface area contributed by atoms with Crippen LogP contribution in [-0.4, -0.2) is 29.9 Å². The zero-order valence-corrected chi connectivity index (χ0v) is 19.8. The third-order valence-corrected chi connectivity index (χ3v) is 5.86. The van der Waals surface area contributed by atoms with Crippen LogP contribution in [0.25, 0.3) is 6.08 Å². The van der Waals surface area contributed by atoms with Crippen LogP contribution in [-0.2, 0) is 16.2 Å². The van der Waals surface area contributed by atoms with E-state index in [-0.39, 0.29) is 11.6 Å². The highest BCUT2D eigenvalue weighted by Gasteiger charge is 2.37. The van der Waals surface area contributed by atoms with Crippen LogP contribution in [0.4, 0.5) is 0 Å². The van der Waals surface area contributed by atoms with Gasteiger partial charge in [0, 0.05) is 16.6 Å².